The molecule has 2 aromatic carbocycles. The first-order valence-electron chi connectivity index (χ1n) is 11.7. The first kappa shape index (κ1) is 25.4. The number of amides is 2. The van der Waals surface area contributed by atoms with E-state index >= 15 is 0 Å². The Kier molecular flexibility index (Phi) is 8.45. The highest BCUT2D eigenvalue weighted by Crippen LogP contribution is 2.28. The number of hydrogen-bond acceptors (Lipinski definition) is 7. The van der Waals surface area contributed by atoms with Gasteiger partial charge in [-0.3, -0.25) is 19.9 Å². The standard InChI is InChI=1S/C27H29N7O3/c1-37-21-6-7-24-22(12-21)23(16-30-24)26(32-14-18-2-4-19(5-3-18)15-34-28)27(36)33-17-25(35)31-13-20-8-10-29-11-9-20/h2-12,15-16,26,30,32H,13-14,17,28H2,1H3,(H,31,35)(H,33,36). The molecule has 0 aliphatic heterocycles. The fourth-order valence-electron chi connectivity index (χ4n) is 3.89. The van der Waals surface area contributed by atoms with E-state index in [9.17, 15) is 9.59 Å². The van der Waals surface area contributed by atoms with Gasteiger partial charge in [0.2, 0.25) is 11.8 Å². The predicted octanol–water partition coefficient (Wildman–Crippen LogP) is 2.13. The molecule has 37 heavy (non-hydrogen) atoms. The van der Waals surface area contributed by atoms with Gasteiger partial charge in [0.1, 0.15) is 11.8 Å². The number of pyridine rings is 1. The summed E-state index contributed by atoms with van der Waals surface area (Å²) in [4.78, 5) is 32.9. The molecule has 1 unspecified atom stereocenters. The number of carbonyl (C=O) groups is 2. The normalized spacial score (nSPS) is 11.9. The Bertz CT molecular complexity index is 1370. The lowest BCUT2D eigenvalue weighted by Crippen LogP contribution is -2.42. The zero-order chi connectivity index (χ0) is 26.0. The van der Waals surface area contributed by atoms with Gasteiger partial charge in [0.15, 0.2) is 0 Å². The van der Waals surface area contributed by atoms with Crippen molar-refractivity contribution in [3.05, 3.63) is 95.4 Å². The summed E-state index contributed by atoms with van der Waals surface area (Å²) in [5.41, 5.74) is 4.39. The summed E-state index contributed by atoms with van der Waals surface area (Å²) in [7, 11) is 1.60. The fraction of sp³-hybridized carbons (Fsp3) is 0.185. The molecule has 2 aromatic heterocycles. The quantitative estimate of drug-likeness (QED) is 0.121. The maximum atomic E-state index is 13.3. The zero-order valence-electron chi connectivity index (χ0n) is 20.4. The van der Waals surface area contributed by atoms with Crippen LogP contribution in [0.4, 0.5) is 0 Å². The maximum absolute atomic E-state index is 13.3. The van der Waals surface area contributed by atoms with Crippen molar-refractivity contribution >= 4 is 28.9 Å². The molecule has 0 saturated heterocycles. The van der Waals surface area contributed by atoms with E-state index in [1.54, 1.807) is 31.9 Å². The van der Waals surface area contributed by atoms with E-state index in [0.717, 1.165) is 33.2 Å². The van der Waals surface area contributed by atoms with Crippen LogP contribution in [0.5, 0.6) is 5.75 Å². The summed E-state index contributed by atoms with van der Waals surface area (Å²) in [6.45, 7) is 0.621. The molecule has 0 aliphatic rings. The van der Waals surface area contributed by atoms with Gasteiger partial charge < -0.3 is 26.2 Å². The number of nitrogens with two attached hydrogens (primary N) is 1. The summed E-state index contributed by atoms with van der Waals surface area (Å²) in [5.74, 6) is 5.28. The molecule has 4 rings (SSSR count). The van der Waals surface area contributed by atoms with Crippen LogP contribution in [-0.4, -0.2) is 41.7 Å². The number of aromatic amines is 1. The van der Waals surface area contributed by atoms with Crippen LogP contribution in [0.1, 0.15) is 28.3 Å². The van der Waals surface area contributed by atoms with Gasteiger partial charge in [0.25, 0.3) is 0 Å². The number of fused-ring (bicyclic) bond motifs is 1. The third-order valence-corrected chi connectivity index (χ3v) is 5.87. The van der Waals surface area contributed by atoms with Crippen LogP contribution in [0, 0.1) is 0 Å². The number of rotatable bonds is 11. The molecule has 0 saturated carbocycles. The molecule has 0 aliphatic carbocycles. The molecule has 0 bridgehead atoms. The minimum Gasteiger partial charge on any atom is -0.497 e. The Morgan fingerprint density at radius 3 is 2.54 bits per heavy atom. The molecule has 4 aromatic rings. The molecule has 2 heterocycles. The van der Waals surface area contributed by atoms with Gasteiger partial charge in [-0.05, 0) is 47.0 Å². The molecule has 190 valence electrons. The minimum absolute atomic E-state index is 0.152. The Morgan fingerprint density at radius 1 is 1.05 bits per heavy atom. The number of benzene rings is 2. The summed E-state index contributed by atoms with van der Waals surface area (Å²) >= 11 is 0. The van der Waals surface area contributed by atoms with Crippen LogP contribution in [0.3, 0.4) is 0 Å². The Balaban J connectivity index is 1.48. The average molecular weight is 500 g/mol. The van der Waals surface area contributed by atoms with E-state index < -0.39 is 6.04 Å². The van der Waals surface area contributed by atoms with Crippen LogP contribution < -0.4 is 26.5 Å². The predicted molar refractivity (Wildman–Crippen MR) is 142 cm³/mol. The molecule has 10 heteroatoms. The molecule has 6 N–H and O–H groups in total. The third kappa shape index (κ3) is 6.71. The minimum atomic E-state index is -0.723. The van der Waals surface area contributed by atoms with Gasteiger partial charge in [0.05, 0.1) is 19.9 Å². The number of ether oxygens (including phenoxy) is 1. The Morgan fingerprint density at radius 2 is 1.81 bits per heavy atom. The number of carbonyl (C=O) groups excluding carboxylic acids is 2. The molecule has 0 spiro atoms. The van der Waals surface area contributed by atoms with E-state index in [1.807, 2.05) is 54.6 Å². The van der Waals surface area contributed by atoms with Crippen molar-refractivity contribution in [1.82, 2.24) is 25.9 Å². The first-order valence-corrected chi connectivity index (χ1v) is 11.7. The lowest BCUT2D eigenvalue weighted by atomic mass is 10.0. The molecular weight excluding hydrogens is 470 g/mol. The molecule has 0 radical (unpaired) electrons. The lowest BCUT2D eigenvalue weighted by Gasteiger charge is -2.19. The maximum Gasteiger partial charge on any atom is 0.242 e. The zero-order valence-corrected chi connectivity index (χ0v) is 20.4. The largest absolute Gasteiger partial charge is 0.497 e. The number of hydrazone groups is 1. The first-order chi connectivity index (χ1) is 18.1. The van der Waals surface area contributed by atoms with Gasteiger partial charge in [-0.1, -0.05) is 24.3 Å². The highest BCUT2D eigenvalue weighted by Gasteiger charge is 2.24. The molecule has 0 fully saturated rings. The number of methoxy groups -OCH3 is 1. The van der Waals surface area contributed by atoms with Crippen molar-refractivity contribution < 1.29 is 14.3 Å². The molecule has 1 atom stereocenters. The summed E-state index contributed by atoms with van der Waals surface area (Å²) in [5, 5.41) is 13.3. The fourth-order valence-corrected chi connectivity index (χ4v) is 3.89. The highest BCUT2D eigenvalue weighted by atomic mass is 16.5. The van der Waals surface area contributed by atoms with Crippen molar-refractivity contribution in [3.8, 4) is 5.75 Å². The average Bonchev–Trinajstić information content (AvgIpc) is 3.35. The monoisotopic (exact) mass is 499 g/mol. The molecule has 10 nitrogen and oxygen atoms in total. The summed E-state index contributed by atoms with van der Waals surface area (Å²) in [6.07, 6.45) is 6.68. The third-order valence-electron chi connectivity index (χ3n) is 5.87. The van der Waals surface area contributed by atoms with Crippen LogP contribution in [-0.2, 0) is 22.7 Å². The van der Waals surface area contributed by atoms with E-state index in [1.165, 1.54) is 0 Å². The van der Waals surface area contributed by atoms with Crippen LogP contribution in [0.25, 0.3) is 10.9 Å². The van der Waals surface area contributed by atoms with Crippen molar-refractivity contribution in [2.75, 3.05) is 13.7 Å². The van der Waals surface area contributed by atoms with E-state index in [0.29, 0.717) is 18.8 Å². The summed E-state index contributed by atoms with van der Waals surface area (Å²) in [6, 6.07) is 16.2. The SMILES string of the molecule is COc1ccc2[nH]cc(C(NCc3ccc(C=NN)cc3)C(=O)NCC(=O)NCc3ccncc3)c2c1. The van der Waals surface area contributed by atoms with Gasteiger partial charge >= 0.3 is 0 Å². The van der Waals surface area contributed by atoms with Gasteiger partial charge in [-0.2, -0.15) is 5.10 Å². The molecular formula is C27H29N7O3. The second kappa shape index (κ2) is 12.3. The second-order valence-electron chi connectivity index (χ2n) is 8.34. The topological polar surface area (TPSA) is 147 Å². The van der Waals surface area contributed by atoms with Crippen molar-refractivity contribution in [3.63, 3.8) is 0 Å². The Labute approximate surface area is 214 Å². The molecule has 2 amide bonds. The van der Waals surface area contributed by atoms with Gasteiger partial charge in [0, 0.05) is 48.1 Å². The number of hydrogen-bond donors (Lipinski definition) is 5. The van der Waals surface area contributed by atoms with Crippen molar-refractivity contribution in [2.45, 2.75) is 19.1 Å². The smallest absolute Gasteiger partial charge is 0.242 e. The van der Waals surface area contributed by atoms with E-state index in [4.69, 9.17) is 10.6 Å². The lowest BCUT2D eigenvalue weighted by molar-refractivity contribution is -0.127. The number of H-pyrrole nitrogens is 1. The van der Waals surface area contributed by atoms with Crippen LogP contribution in [0.15, 0.2) is 78.3 Å². The van der Waals surface area contributed by atoms with Crippen molar-refractivity contribution in [1.29, 1.82) is 0 Å². The van der Waals surface area contributed by atoms with Gasteiger partial charge in [-0.15, -0.1) is 0 Å². The summed E-state index contributed by atoms with van der Waals surface area (Å²) < 4.78 is 5.38. The number of nitrogens with zero attached hydrogens (tertiary/aromatic N) is 2. The van der Waals surface area contributed by atoms with Crippen LogP contribution in [0.2, 0.25) is 0 Å². The second-order valence-corrected chi connectivity index (χ2v) is 8.34. The van der Waals surface area contributed by atoms with Crippen molar-refractivity contribution in [2.24, 2.45) is 10.9 Å². The van der Waals surface area contributed by atoms with E-state index in [2.05, 4.69) is 31.0 Å². The van der Waals surface area contributed by atoms with Gasteiger partial charge in [-0.25, -0.2) is 0 Å². The van der Waals surface area contributed by atoms with Crippen LogP contribution >= 0.6 is 0 Å². The van der Waals surface area contributed by atoms with E-state index in [-0.39, 0.29) is 18.4 Å². The number of nitrogens with one attached hydrogen (secondary N) is 4. The number of aromatic nitrogens is 2. The highest BCUT2D eigenvalue weighted by molar-refractivity contribution is 5.94. The Hall–Kier alpha value is -4.70.